The fraction of sp³-hybridized carbons (Fsp3) is 0.297. The number of thioether (sulfide) groups is 1. The van der Waals surface area contributed by atoms with Crippen LogP contribution in [0.1, 0.15) is 60.8 Å². The average Bonchev–Trinajstić information content (AvgIpc) is 3.07. The number of hydrogen-bond donors (Lipinski definition) is 3. The Bertz CT molecular complexity index is 1540. The molecule has 3 N–H and O–H groups in total. The van der Waals surface area contributed by atoms with E-state index in [0.717, 1.165) is 39.1 Å². The summed E-state index contributed by atoms with van der Waals surface area (Å²) in [6.07, 6.45) is -0.323. The smallest absolute Gasteiger partial charge is 0.303 e. The number of aliphatic hydroxyl groups excluding tert-OH is 1. The minimum atomic E-state index is -0.899. The molecule has 1 aliphatic heterocycles. The van der Waals surface area contributed by atoms with Gasteiger partial charge in [-0.25, -0.2) is 0 Å². The van der Waals surface area contributed by atoms with Crippen molar-refractivity contribution >= 4 is 23.6 Å². The average molecular weight is 626 g/mol. The lowest BCUT2D eigenvalue weighted by Crippen LogP contribution is -2.38. The van der Waals surface area contributed by atoms with Gasteiger partial charge in [0.15, 0.2) is 6.29 Å². The molecule has 4 atom stereocenters. The molecule has 1 aliphatic rings. The van der Waals surface area contributed by atoms with Crippen LogP contribution in [0.15, 0.2) is 108 Å². The van der Waals surface area contributed by atoms with E-state index >= 15 is 0 Å². The van der Waals surface area contributed by atoms with Crippen LogP contribution < -0.4 is 5.32 Å². The van der Waals surface area contributed by atoms with E-state index in [1.165, 1.54) is 4.90 Å². The Morgan fingerprint density at radius 2 is 1.51 bits per heavy atom. The maximum atomic E-state index is 12.3. The third-order valence-corrected chi connectivity index (χ3v) is 9.16. The molecule has 0 radical (unpaired) electrons. The molecule has 0 aromatic heterocycles. The SMILES string of the molecule is C[C@H]1[C@@H](CSc2ccccc2)O[C@@H](c2ccc(-c3ccccc3CNC(=O)CCCC(=O)O)cc2)O[C@H]1c1ccc(CO)cc1. The topological polar surface area (TPSA) is 105 Å². The van der Waals surface area contributed by atoms with Crippen molar-refractivity contribution in [1.29, 1.82) is 0 Å². The highest BCUT2D eigenvalue weighted by Crippen LogP contribution is 2.43. The van der Waals surface area contributed by atoms with E-state index in [0.29, 0.717) is 13.0 Å². The van der Waals surface area contributed by atoms with E-state index in [1.807, 2.05) is 91.0 Å². The first-order valence-corrected chi connectivity index (χ1v) is 16.2. The van der Waals surface area contributed by atoms with Gasteiger partial charge in [-0.3, -0.25) is 9.59 Å². The normalized spacial score (nSPS) is 19.6. The van der Waals surface area contributed by atoms with E-state index < -0.39 is 12.3 Å². The lowest BCUT2D eigenvalue weighted by atomic mass is 9.91. The molecule has 1 amide bonds. The van der Waals surface area contributed by atoms with Gasteiger partial charge in [0, 0.05) is 41.5 Å². The second-order valence-corrected chi connectivity index (χ2v) is 12.3. The lowest BCUT2D eigenvalue weighted by molar-refractivity contribution is -0.268. The Morgan fingerprint density at radius 3 is 2.22 bits per heavy atom. The molecule has 1 heterocycles. The number of carboxylic acids is 1. The summed E-state index contributed by atoms with van der Waals surface area (Å²) in [4.78, 5) is 24.2. The van der Waals surface area contributed by atoms with Crippen LogP contribution in [0.5, 0.6) is 0 Å². The number of carboxylic acid groups (broad SMARTS) is 1. The van der Waals surface area contributed by atoms with Crippen LogP contribution in [-0.4, -0.2) is 33.9 Å². The first-order valence-electron chi connectivity index (χ1n) is 15.3. The zero-order valence-electron chi connectivity index (χ0n) is 25.3. The van der Waals surface area contributed by atoms with Crippen molar-refractivity contribution < 1.29 is 29.3 Å². The van der Waals surface area contributed by atoms with Crippen molar-refractivity contribution in [2.24, 2.45) is 5.92 Å². The summed E-state index contributed by atoms with van der Waals surface area (Å²) in [5, 5.41) is 21.3. The predicted molar refractivity (Wildman–Crippen MR) is 175 cm³/mol. The summed E-state index contributed by atoms with van der Waals surface area (Å²) >= 11 is 1.77. The number of aliphatic hydroxyl groups is 1. The summed E-state index contributed by atoms with van der Waals surface area (Å²) in [5.74, 6) is -0.182. The van der Waals surface area contributed by atoms with Crippen LogP contribution in [0.4, 0.5) is 0 Å². The quantitative estimate of drug-likeness (QED) is 0.134. The molecule has 45 heavy (non-hydrogen) atoms. The van der Waals surface area contributed by atoms with Crippen LogP contribution in [0.25, 0.3) is 11.1 Å². The van der Waals surface area contributed by atoms with Gasteiger partial charge in [-0.1, -0.05) is 97.9 Å². The van der Waals surface area contributed by atoms with Crippen molar-refractivity contribution in [1.82, 2.24) is 5.32 Å². The third-order valence-electron chi connectivity index (χ3n) is 8.06. The van der Waals surface area contributed by atoms with Crippen molar-refractivity contribution in [3.8, 4) is 11.1 Å². The third kappa shape index (κ3) is 8.83. The van der Waals surface area contributed by atoms with Gasteiger partial charge in [-0.15, -0.1) is 11.8 Å². The summed E-state index contributed by atoms with van der Waals surface area (Å²) in [6.45, 7) is 2.52. The second kappa shape index (κ2) is 15.9. The highest BCUT2D eigenvalue weighted by Gasteiger charge is 2.38. The van der Waals surface area contributed by atoms with Crippen molar-refractivity contribution in [2.75, 3.05) is 5.75 Å². The van der Waals surface area contributed by atoms with E-state index in [4.69, 9.17) is 14.6 Å². The zero-order chi connectivity index (χ0) is 31.6. The Labute approximate surface area is 268 Å². The maximum absolute atomic E-state index is 12.3. The van der Waals surface area contributed by atoms with Gasteiger partial charge in [-0.2, -0.15) is 0 Å². The fourth-order valence-electron chi connectivity index (χ4n) is 5.46. The highest BCUT2D eigenvalue weighted by atomic mass is 32.2. The first kappa shape index (κ1) is 32.4. The van der Waals surface area contributed by atoms with E-state index in [2.05, 4.69) is 24.4 Å². The molecule has 5 rings (SSSR count). The summed E-state index contributed by atoms with van der Waals surface area (Å²) in [6, 6.07) is 34.3. The Morgan fingerprint density at radius 1 is 0.822 bits per heavy atom. The van der Waals surface area contributed by atoms with Gasteiger partial charge < -0.3 is 25.0 Å². The predicted octanol–water partition coefficient (Wildman–Crippen LogP) is 7.30. The number of ether oxygens (including phenoxy) is 2. The summed E-state index contributed by atoms with van der Waals surface area (Å²) in [5.41, 5.74) is 5.82. The molecule has 8 heteroatoms. The first-order chi connectivity index (χ1) is 21.9. The lowest BCUT2D eigenvalue weighted by Gasteiger charge is -2.41. The van der Waals surface area contributed by atoms with Gasteiger partial charge >= 0.3 is 5.97 Å². The molecule has 0 unspecified atom stereocenters. The Hall–Kier alpha value is -3.95. The van der Waals surface area contributed by atoms with Crippen LogP contribution >= 0.6 is 11.8 Å². The number of carbonyl (C=O) groups is 2. The van der Waals surface area contributed by atoms with Gasteiger partial charge in [0.05, 0.1) is 18.8 Å². The zero-order valence-corrected chi connectivity index (χ0v) is 26.1. The molecule has 4 aromatic rings. The van der Waals surface area contributed by atoms with Crippen molar-refractivity contribution in [2.45, 2.75) is 62.7 Å². The molecular weight excluding hydrogens is 586 g/mol. The van der Waals surface area contributed by atoms with Crippen LogP contribution in [0.3, 0.4) is 0 Å². The molecule has 0 saturated carbocycles. The maximum Gasteiger partial charge on any atom is 0.303 e. The molecule has 0 bridgehead atoms. The van der Waals surface area contributed by atoms with E-state index in [-0.39, 0.29) is 43.5 Å². The Kier molecular flexibility index (Phi) is 11.4. The van der Waals surface area contributed by atoms with Crippen LogP contribution in [0.2, 0.25) is 0 Å². The minimum Gasteiger partial charge on any atom is -0.481 e. The van der Waals surface area contributed by atoms with Gasteiger partial charge in [0.2, 0.25) is 5.91 Å². The molecule has 0 aliphatic carbocycles. The van der Waals surface area contributed by atoms with Gasteiger partial charge in [0.25, 0.3) is 0 Å². The number of rotatable bonds is 13. The van der Waals surface area contributed by atoms with E-state index in [9.17, 15) is 14.7 Å². The van der Waals surface area contributed by atoms with Crippen LogP contribution in [0, 0.1) is 5.92 Å². The van der Waals surface area contributed by atoms with Crippen molar-refractivity contribution in [3.63, 3.8) is 0 Å². The highest BCUT2D eigenvalue weighted by molar-refractivity contribution is 7.99. The van der Waals surface area contributed by atoms with Gasteiger partial charge in [0.1, 0.15) is 0 Å². The fourth-order valence-corrected chi connectivity index (χ4v) is 6.55. The summed E-state index contributed by atoms with van der Waals surface area (Å²) in [7, 11) is 0. The molecule has 0 spiro atoms. The number of hydrogen-bond acceptors (Lipinski definition) is 6. The largest absolute Gasteiger partial charge is 0.481 e. The molecule has 1 saturated heterocycles. The van der Waals surface area contributed by atoms with Crippen LogP contribution in [-0.2, 0) is 32.2 Å². The Balaban J connectivity index is 1.32. The number of benzene rings is 4. The van der Waals surface area contributed by atoms with Crippen molar-refractivity contribution in [3.05, 3.63) is 125 Å². The molecule has 4 aromatic carbocycles. The molecular formula is C37H39NO6S. The monoisotopic (exact) mass is 625 g/mol. The standard InChI is InChI=1S/C37H39NO6S/c1-25-33(24-45-31-9-3-2-4-10-31)43-37(44-36(25)28-16-14-26(23-39)15-17-28)29-20-18-27(19-21-29)32-11-6-5-8-30(32)22-38-34(40)12-7-13-35(41)42/h2-6,8-11,14-21,25,33,36-37,39H,7,12-13,22-24H2,1H3,(H,38,40)(H,41,42)/t25-,33+,36+,37+/m0/s1. The number of nitrogens with one attached hydrogen (secondary N) is 1. The number of carbonyl (C=O) groups excluding carboxylic acids is 1. The molecule has 1 fully saturated rings. The number of aliphatic carboxylic acids is 1. The molecule has 7 nitrogen and oxygen atoms in total. The second-order valence-electron chi connectivity index (χ2n) is 11.2. The molecule has 234 valence electrons. The minimum absolute atomic E-state index is 0.00191. The number of amides is 1. The van der Waals surface area contributed by atoms with Gasteiger partial charge in [-0.05, 0) is 46.4 Å². The van der Waals surface area contributed by atoms with E-state index in [1.54, 1.807) is 11.8 Å². The summed E-state index contributed by atoms with van der Waals surface area (Å²) < 4.78 is 13.2.